The largest absolute Gasteiger partial charge is 0.346 e. The van der Waals surface area contributed by atoms with Crippen LogP contribution in [0.4, 0.5) is 0 Å². The van der Waals surface area contributed by atoms with E-state index in [2.05, 4.69) is 23.0 Å². The Balaban J connectivity index is 0.000000396. The number of hydrogen-bond acceptors (Lipinski definition) is 1. The van der Waals surface area contributed by atoms with Crippen molar-refractivity contribution in [3.8, 4) is 0 Å². The lowest BCUT2D eigenvalue weighted by Gasteiger charge is -1.93. The predicted molar refractivity (Wildman–Crippen MR) is 56.8 cm³/mol. The fourth-order valence-corrected chi connectivity index (χ4v) is 1.18. The van der Waals surface area contributed by atoms with Crippen LogP contribution in [-0.4, -0.2) is 9.97 Å². The molecule has 0 unspecified atom stereocenters. The number of nitrogens with zero attached hydrogens (tertiary/aromatic N) is 1. The highest BCUT2D eigenvalue weighted by Crippen LogP contribution is 2.10. The van der Waals surface area contributed by atoms with Gasteiger partial charge in [-0.15, -0.1) is 0 Å². The number of rotatable bonds is 1. The van der Waals surface area contributed by atoms with Crippen molar-refractivity contribution in [3.05, 3.63) is 30.1 Å². The molecular weight excluding hydrogens is 160 g/mol. The minimum absolute atomic E-state index is 0.974. The van der Waals surface area contributed by atoms with Gasteiger partial charge in [0.05, 0.1) is 0 Å². The van der Waals surface area contributed by atoms with Gasteiger partial charge in [-0.2, -0.15) is 0 Å². The maximum absolute atomic E-state index is 4.26. The third kappa shape index (κ3) is 2.08. The van der Waals surface area contributed by atoms with E-state index < -0.39 is 0 Å². The van der Waals surface area contributed by atoms with E-state index in [9.17, 15) is 0 Å². The number of pyridine rings is 1. The Bertz CT molecular complexity index is 363. The van der Waals surface area contributed by atoms with Crippen LogP contribution in [0.5, 0.6) is 0 Å². The van der Waals surface area contributed by atoms with Crippen molar-refractivity contribution < 1.29 is 0 Å². The van der Waals surface area contributed by atoms with Crippen molar-refractivity contribution in [1.82, 2.24) is 9.97 Å². The summed E-state index contributed by atoms with van der Waals surface area (Å²) >= 11 is 0. The fraction of sp³-hybridized carbons (Fsp3) is 0.364. The second-order valence-corrected chi connectivity index (χ2v) is 2.61. The van der Waals surface area contributed by atoms with E-state index in [1.54, 1.807) is 0 Å². The summed E-state index contributed by atoms with van der Waals surface area (Å²) in [4.78, 5) is 7.32. The summed E-state index contributed by atoms with van der Waals surface area (Å²) in [7, 11) is 0. The molecule has 70 valence electrons. The average Bonchev–Trinajstić information content (AvgIpc) is 2.67. The molecule has 0 aliphatic heterocycles. The molecule has 0 saturated heterocycles. The van der Waals surface area contributed by atoms with E-state index in [1.807, 2.05) is 32.3 Å². The van der Waals surface area contributed by atoms with Crippen molar-refractivity contribution in [2.24, 2.45) is 0 Å². The zero-order valence-corrected chi connectivity index (χ0v) is 8.46. The molecule has 0 spiro atoms. The first-order valence-corrected chi connectivity index (χ1v) is 4.82. The summed E-state index contributed by atoms with van der Waals surface area (Å²) in [6.45, 7) is 6.13. The molecule has 2 rings (SSSR count). The molecule has 0 radical (unpaired) electrons. The highest BCUT2D eigenvalue weighted by molar-refractivity contribution is 5.75. The topological polar surface area (TPSA) is 28.7 Å². The zero-order chi connectivity index (χ0) is 9.68. The second-order valence-electron chi connectivity index (χ2n) is 2.61. The molecule has 2 aromatic rings. The smallest absolute Gasteiger partial charge is 0.137 e. The van der Waals surface area contributed by atoms with Gasteiger partial charge in [0.25, 0.3) is 0 Å². The summed E-state index contributed by atoms with van der Waals surface area (Å²) in [5.74, 6) is 0. The van der Waals surface area contributed by atoms with Gasteiger partial charge in [0.2, 0.25) is 0 Å². The van der Waals surface area contributed by atoms with Crippen LogP contribution < -0.4 is 0 Å². The Morgan fingerprint density at radius 2 is 2.15 bits per heavy atom. The maximum atomic E-state index is 4.26. The molecule has 0 aliphatic rings. The molecule has 2 heteroatoms. The maximum Gasteiger partial charge on any atom is 0.137 e. The standard InChI is InChI=1S/C9H10N2.C2H6/c1-2-7-5-8-3-4-10-9(8)11-6-7;1-2/h3-6H,2H2,1H3,(H,10,11);1-2H3. The molecule has 13 heavy (non-hydrogen) atoms. The molecule has 0 bridgehead atoms. The molecule has 1 N–H and O–H groups in total. The van der Waals surface area contributed by atoms with Gasteiger partial charge < -0.3 is 4.98 Å². The molecule has 0 atom stereocenters. The van der Waals surface area contributed by atoms with E-state index >= 15 is 0 Å². The minimum Gasteiger partial charge on any atom is -0.346 e. The zero-order valence-electron chi connectivity index (χ0n) is 8.46. The Hall–Kier alpha value is -1.31. The van der Waals surface area contributed by atoms with Crippen LogP contribution in [0, 0.1) is 0 Å². The Morgan fingerprint density at radius 1 is 1.38 bits per heavy atom. The molecule has 2 nitrogen and oxygen atoms in total. The summed E-state index contributed by atoms with van der Waals surface area (Å²) in [6.07, 6.45) is 4.88. The SMILES string of the molecule is CC.CCc1cnc2[nH]ccc2c1. The summed E-state index contributed by atoms with van der Waals surface area (Å²) in [5.41, 5.74) is 2.26. The van der Waals surface area contributed by atoms with E-state index in [0.717, 1.165) is 12.1 Å². The Kier molecular flexibility index (Phi) is 3.50. The summed E-state index contributed by atoms with van der Waals surface area (Å²) in [5, 5.41) is 1.20. The molecule has 0 saturated carbocycles. The second kappa shape index (κ2) is 4.65. The van der Waals surface area contributed by atoms with Gasteiger partial charge in [-0.1, -0.05) is 20.8 Å². The van der Waals surface area contributed by atoms with Crippen molar-refractivity contribution in [1.29, 1.82) is 0 Å². The van der Waals surface area contributed by atoms with Gasteiger partial charge in [-0.05, 0) is 24.1 Å². The van der Waals surface area contributed by atoms with E-state index in [1.165, 1.54) is 10.9 Å². The number of H-pyrrole nitrogens is 1. The highest BCUT2D eigenvalue weighted by atomic mass is 14.8. The number of nitrogens with one attached hydrogen (secondary N) is 1. The van der Waals surface area contributed by atoms with Gasteiger partial charge in [0.15, 0.2) is 0 Å². The van der Waals surface area contributed by atoms with Gasteiger partial charge >= 0.3 is 0 Å². The van der Waals surface area contributed by atoms with Gasteiger partial charge in [0.1, 0.15) is 5.65 Å². The van der Waals surface area contributed by atoms with Gasteiger partial charge in [-0.25, -0.2) is 4.98 Å². The first-order chi connectivity index (χ1) is 6.40. The summed E-state index contributed by atoms with van der Waals surface area (Å²) in [6, 6.07) is 4.21. The molecule has 2 heterocycles. The molecule has 0 fully saturated rings. The van der Waals surface area contributed by atoms with Crippen molar-refractivity contribution in [3.63, 3.8) is 0 Å². The average molecular weight is 176 g/mol. The Morgan fingerprint density at radius 3 is 2.85 bits per heavy atom. The first-order valence-electron chi connectivity index (χ1n) is 4.82. The minimum atomic E-state index is 0.974. The van der Waals surface area contributed by atoms with Crippen LogP contribution >= 0.6 is 0 Å². The number of hydrogen-bond donors (Lipinski definition) is 1. The normalized spacial score (nSPS) is 9.46. The molecule has 0 aromatic carbocycles. The third-order valence-corrected chi connectivity index (χ3v) is 1.86. The molecule has 2 aromatic heterocycles. The van der Waals surface area contributed by atoms with E-state index in [4.69, 9.17) is 0 Å². The van der Waals surface area contributed by atoms with Crippen LogP contribution in [0.15, 0.2) is 24.5 Å². The molecular formula is C11H16N2. The van der Waals surface area contributed by atoms with Crippen LogP contribution in [0.2, 0.25) is 0 Å². The van der Waals surface area contributed by atoms with E-state index in [0.29, 0.717) is 0 Å². The fourth-order valence-electron chi connectivity index (χ4n) is 1.18. The van der Waals surface area contributed by atoms with Crippen LogP contribution in [0.3, 0.4) is 0 Å². The number of aromatic amines is 1. The van der Waals surface area contributed by atoms with E-state index in [-0.39, 0.29) is 0 Å². The van der Waals surface area contributed by atoms with Crippen LogP contribution in [-0.2, 0) is 6.42 Å². The Labute approximate surface area is 79.0 Å². The van der Waals surface area contributed by atoms with Gasteiger partial charge in [0, 0.05) is 17.8 Å². The lowest BCUT2D eigenvalue weighted by molar-refractivity contribution is 1.12. The number of fused-ring (bicyclic) bond motifs is 1. The highest BCUT2D eigenvalue weighted by Gasteiger charge is 1.95. The molecule has 0 aliphatic carbocycles. The van der Waals surface area contributed by atoms with Crippen molar-refractivity contribution in [2.75, 3.05) is 0 Å². The molecule has 0 amide bonds. The quantitative estimate of drug-likeness (QED) is 0.710. The predicted octanol–water partition coefficient (Wildman–Crippen LogP) is 3.15. The first kappa shape index (κ1) is 9.78. The van der Waals surface area contributed by atoms with Crippen molar-refractivity contribution in [2.45, 2.75) is 27.2 Å². The van der Waals surface area contributed by atoms with Crippen LogP contribution in [0.1, 0.15) is 26.3 Å². The summed E-state index contributed by atoms with van der Waals surface area (Å²) < 4.78 is 0. The number of aromatic nitrogens is 2. The third-order valence-electron chi connectivity index (χ3n) is 1.86. The van der Waals surface area contributed by atoms with Crippen molar-refractivity contribution >= 4 is 11.0 Å². The lowest BCUT2D eigenvalue weighted by atomic mass is 10.2. The lowest BCUT2D eigenvalue weighted by Crippen LogP contribution is -1.82. The van der Waals surface area contributed by atoms with Crippen LogP contribution in [0.25, 0.3) is 11.0 Å². The number of aryl methyl sites for hydroxylation is 1. The monoisotopic (exact) mass is 176 g/mol. The van der Waals surface area contributed by atoms with Gasteiger partial charge in [-0.3, -0.25) is 0 Å².